The van der Waals surface area contributed by atoms with Crippen LogP contribution in [0.25, 0.3) is 0 Å². The number of rotatable bonds is 4. The Morgan fingerprint density at radius 1 is 1.14 bits per heavy atom. The van der Waals surface area contributed by atoms with Gasteiger partial charge in [-0.2, -0.15) is 0 Å². The number of carbonyl (C=O) groups is 2. The van der Waals surface area contributed by atoms with Gasteiger partial charge >= 0.3 is 0 Å². The quantitative estimate of drug-likeness (QED) is 0.863. The van der Waals surface area contributed by atoms with Crippen LogP contribution < -0.4 is 0 Å². The molecule has 0 radical (unpaired) electrons. The summed E-state index contributed by atoms with van der Waals surface area (Å²) in [6.45, 7) is 1.47. The Morgan fingerprint density at radius 2 is 1.89 bits per heavy atom. The van der Waals surface area contributed by atoms with Crippen LogP contribution in [-0.2, 0) is 16.0 Å². The number of piperidine rings is 1. The molecule has 1 spiro atoms. The molecule has 1 aromatic heterocycles. The normalized spacial score (nSPS) is 30.8. The Bertz CT molecular complexity index is 702. The standard InChI is InChI=1S/C22H31N3O3/c26-19-9-7-18(8-10-19)24-15-3-12-22(21(24)28)13-4-16-25(22)20(27)11-6-17-5-1-2-14-23-17/h1-2,5,14,18-19,26H,3-4,6-13,15-16H2. The van der Waals surface area contributed by atoms with Crippen LogP contribution >= 0.6 is 0 Å². The molecule has 152 valence electrons. The van der Waals surface area contributed by atoms with E-state index in [0.717, 1.165) is 63.6 Å². The third-order valence-electron chi connectivity index (χ3n) is 6.87. The van der Waals surface area contributed by atoms with E-state index in [1.807, 2.05) is 28.0 Å². The Hall–Kier alpha value is -1.95. The number of nitrogens with zero attached hydrogens (tertiary/aromatic N) is 3. The van der Waals surface area contributed by atoms with Crippen LogP contribution in [-0.4, -0.2) is 62.5 Å². The number of hydrogen-bond donors (Lipinski definition) is 1. The molecule has 6 nitrogen and oxygen atoms in total. The first-order chi connectivity index (χ1) is 13.6. The van der Waals surface area contributed by atoms with Crippen LogP contribution in [0.3, 0.4) is 0 Å². The van der Waals surface area contributed by atoms with Crippen molar-refractivity contribution in [2.45, 2.75) is 81.9 Å². The Kier molecular flexibility index (Phi) is 5.67. The molecule has 0 aromatic carbocycles. The number of aromatic nitrogens is 1. The van der Waals surface area contributed by atoms with Gasteiger partial charge in [-0.25, -0.2) is 0 Å². The van der Waals surface area contributed by atoms with Gasteiger partial charge in [-0.05, 0) is 69.9 Å². The summed E-state index contributed by atoms with van der Waals surface area (Å²) in [6, 6.07) is 5.98. The van der Waals surface area contributed by atoms with Gasteiger partial charge in [0.2, 0.25) is 11.8 Å². The lowest BCUT2D eigenvalue weighted by Crippen LogP contribution is -2.63. The monoisotopic (exact) mass is 385 g/mol. The summed E-state index contributed by atoms with van der Waals surface area (Å²) in [5.41, 5.74) is 0.289. The Balaban J connectivity index is 1.45. The molecule has 1 unspecified atom stereocenters. The van der Waals surface area contributed by atoms with Crippen molar-refractivity contribution in [3.05, 3.63) is 30.1 Å². The highest BCUT2D eigenvalue weighted by atomic mass is 16.3. The summed E-state index contributed by atoms with van der Waals surface area (Å²) < 4.78 is 0. The van der Waals surface area contributed by atoms with Crippen LogP contribution in [0.5, 0.6) is 0 Å². The summed E-state index contributed by atoms with van der Waals surface area (Å²) in [4.78, 5) is 34.9. The molecule has 3 aliphatic rings. The van der Waals surface area contributed by atoms with Gasteiger partial charge < -0.3 is 14.9 Å². The topological polar surface area (TPSA) is 73.7 Å². The summed E-state index contributed by atoms with van der Waals surface area (Å²) in [6.07, 6.45) is 9.26. The molecule has 3 fully saturated rings. The Morgan fingerprint density at radius 3 is 2.61 bits per heavy atom. The van der Waals surface area contributed by atoms with Crippen molar-refractivity contribution in [3.63, 3.8) is 0 Å². The molecule has 1 aromatic rings. The zero-order valence-electron chi connectivity index (χ0n) is 16.6. The minimum absolute atomic E-state index is 0.0809. The maximum absolute atomic E-state index is 13.6. The third kappa shape index (κ3) is 3.66. The molecule has 2 saturated heterocycles. The van der Waals surface area contributed by atoms with E-state index in [1.54, 1.807) is 6.20 Å². The molecule has 28 heavy (non-hydrogen) atoms. The summed E-state index contributed by atoms with van der Waals surface area (Å²) in [7, 11) is 0. The molecule has 1 N–H and O–H groups in total. The molecule has 4 rings (SSSR count). The molecule has 1 atom stereocenters. The predicted molar refractivity (Wildman–Crippen MR) is 105 cm³/mol. The summed E-state index contributed by atoms with van der Waals surface area (Å²) >= 11 is 0. The number of aryl methyl sites for hydroxylation is 1. The predicted octanol–water partition coefficient (Wildman–Crippen LogP) is 2.30. The van der Waals surface area contributed by atoms with Crippen molar-refractivity contribution in [2.75, 3.05) is 13.1 Å². The van der Waals surface area contributed by atoms with Crippen molar-refractivity contribution in [1.82, 2.24) is 14.8 Å². The molecule has 2 amide bonds. The van der Waals surface area contributed by atoms with Gasteiger partial charge in [-0.15, -0.1) is 0 Å². The number of hydrogen-bond acceptors (Lipinski definition) is 4. The number of likely N-dealkylation sites (tertiary alicyclic amines) is 2. The van der Waals surface area contributed by atoms with Gasteiger partial charge in [0.25, 0.3) is 0 Å². The molecular weight excluding hydrogens is 354 g/mol. The average Bonchev–Trinajstić information content (AvgIpc) is 3.14. The smallest absolute Gasteiger partial charge is 0.248 e. The highest BCUT2D eigenvalue weighted by molar-refractivity contribution is 5.93. The van der Waals surface area contributed by atoms with E-state index in [1.165, 1.54) is 0 Å². The number of carbonyl (C=O) groups excluding carboxylic acids is 2. The van der Waals surface area contributed by atoms with Gasteiger partial charge in [-0.1, -0.05) is 6.07 Å². The molecule has 1 aliphatic carbocycles. The first-order valence-electron chi connectivity index (χ1n) is 10.8. The molecule has 3 heterocycles. The van der Waals surface area contributed by atoms with E-state index in [-0.39, 0.29) is 24.0 Å². The van der Waals surface area contributed by atoms with Crippen LogP contribution in [0.2, 0.25) is 0 Å². The van der Waals surface area contributed by atoms with Crippen LogP contribution in [0, 0.1) is 0 Å². The van der Waals surface area contributed by atoms with Crippen LogP contribution in [0.1, 0.15) is 63.5 Å². The van der Waals surface area contributed by atoms with E-state index >= 15 is 0 Å². The first kappa shape index (κ1) is 19.4. The average molecular weight is 386 g/mol. The van der Waals surface area contributed by atoms with Gasteiger partial charge in [0.15, 0.2) is 0 Å². The highest BCUT2D eigenvalue weighted by Crippen LogP contribution is 2.40. The Labute approximate surface area is 166 Å². The minimum atomic E-state index is -0.629. The van der Waals surface area contributed by atoms with Crippen molar-refractivity contribution < 1.29 is 14.7 Å². The van der Waals surface area contributed by atoms with Crippen molar-refractivity contribution >= 4 is 11.8 Å². The number of pyridine rings is 1. The van der Waals surface area contributed by atoms with Crippen molar-refractivity contribution in [2.24, 2.45) is 0 Å². The fraction of sp³-hybridized carbons (Fsp3) is 0.682. The third-order valence-corrected chi connectivity index (χ3v) is 6.87. The maximum atomic E-state index is 13.6. The van der Waals surface area contributed by atoms with Crippen LogP contribution in [0.4, 0.5) is 0 Å². The maximum Gasteiger partial charge on any atom is 0.248 e. The van der Waals surface area contributed by atoms with E-state index in [2.05, 4.69) is 4.98 Å². The SMILES string of the molecule is O=C(CCc1ccccn1)N1CCCC12CCCN(C1CCC(O)CC1)C2=O. The van der Waals surface area contributed by atoms with Crippen molar-refractivity contribution in [3.8, 4) is 0 Å². The fourth-order valence-electron chi connectivity index (χ4n) is 5.38. The zero-order valence-corrected chi connectivity index (χ0v) is 16.6. The number of aliphatic hydroxyl groups excluding tert-OH is 1. The lowest BCUT2D eigenvalue weighted by Gasteiger charge is -2.48. The van der Waals surface area contributed by atoms with E-state index in [4.69, 9.17) is 0 Å². The lowest BCUT2D eigenvalue weighted by molar-refractivity contribution is -0.158. The van der Waals surface area contributed by atoms with E-state index in [9.17, 15) is 14.7 Å². The number of amides is 2. The van der Waals surface area contributed by atoms with Gasteiger partial charge in [-0.3, -0.25) is 14.6 Å². The second-order valence-electron chi connectivity index (χ2n) is 8.57. The van der Waals surface area contributed by atoms with Crippen LogP contribution in [0.15, 0.2) is 24.4 Å². The lowest BCUT2D eigenvalue weighted by atomic mass is 9.82. The molecular formula is C22H31N3O3. The molecule has 2 aliphatic heterocycles. The number of aliphatic hydroxyl groups is 1. The molecule has 1 saturated carbocycles. The van der Waals surface area contributed by atoms with Gasteiger partial charge in [0.1, 0.15) is 5.54 Å². The minimum Gasteiger partial charge on any atom is -0.393 e. The summed E-state index contributed by atoms with van der Waals surface area (Å²) in [5, 5.41) is 9.80. The second kappa shape index (κ2) is 8.19. The van der Waals surface area contributed by atoms with E-state index < -0.39 is 5.54 Å². The molecule has 6 heteroatoms. The fourth-order valence-corrected chi connectivity index (χ4v) is 5.38. The van der Waals surface area contributed by atoms with Gasteiger partial charge in [0, 0.05) is 37.4 Å². The molecule has 0 bridgehead atoms. The summed E-state index contributed by atoms with van der Waals surface area (Å²) in [5.74, 6) is 0.237. The van der Waals surface area contributed by atoms with Gasteiger partial charge in [0.05, 0.1) is 6.10 Å². The second-order valence-corrected chi connectivity index (χ2v) is 8.57. The zero-order chi connectivity index (χ0) is 19.6. The largest absolute Gasteiger partial charge is 0.393 e. The van der Waals surface area contributed by atoms with E-state index in [0.29, 0.717) is 19.4 Å². The van der Waals surface area contributed by atoms with Crippen molar-refractivity contribution in [1.29, 1.82) is 0 Å². The highest BCUT2D eigenvalue weighted by Gasteiger charge is 2.53. The first-order valence-corrected chi connectivity index (χ1v) is 10.8.